The van der Waals surface area contributed by atoms with Gasteiger partial charge in [0.25, 0.3) is 0 Å². The van der Waals surface area contributed by atoms with Gasteiger partial charge >= 0.3 is 0 Å². The quantitative estimate of drug-likeness (QED) is 0.760. The Morgan fingerprint density at radius 3 is 2.47 bits per heavy atom. The molecule has 0 fully saturated rings. The van der Waals surface area contributed by atoms with Crippen LogP contribution in [0.15, 0.2) is 12.4 Å². The molecule has 0 saturated carbocycles. The molecule has 0 N–H and O–H groups in total. The maximum Gasteiger partial charge on any atom is 0.131 e. The zero-order valence-electron chi connectivity index (χ0n) is 10.4. The van der Waals surface area contributed by atoms with E-state index in [2.05, 4.69) is 48.6 Å². The molecule has 1 rings (SSSR count). The summed E-state index contributed by atoms with van der Waals surface area (Å²) in [6.07, 6.45) is 2.74. The van der Waals surface area contributed by atoms with Crippen molar-refractivity contribution < 1.29 is 0 Å². The molecule has 0 amide bonds. The SMILES string of the molecule is CCN(C)c1cc(C(C)(C)CC)ncn1. The maximum absolute atomic E-state index is 4.36. The van der Waals surface area contributed by atoms with Gasteiger partial charge in [0.1, 0.15) is 12.1 Å². The summed E-state index contributed by atoms with van der Waals surface area (Å²) < 4.78 is 0. The third kappa shape index (κ3) is 2.67. The maximum atomic E-state index is 4.36. The van der Waals surface area contributed by atoms with Crippen molar-refractivity contribution in [3.63, 3.8) is 0 Å². The summed E-state index contributed by atoms with van der Waals surface area (Å²) in [5.74, 6) is 1.00. The summed E-state index contributed by atoms with van der Waals surface area (Å²) in [5, 5.41) is 0. The lowest BCUT2D eigenvalue weighted by atomic mass is 9.86. The molecule has 0 bridgehead atoms. The lowest BCUT2D eigenvalue weighted by molar-refractivity contribution is 0.489. The van der Waals surface area contributed by atoms with Gasteiger partial charge in [-0.2, -0.15) is 0 Å². The van der Waals surface area contributed by atoms with E-state index in [9.17, 15) is 0 Å². The van der Waals surface area contributed by atoms with Crippen LogP contribution in [0.3, 0.4) is 0 Å². The van der Waals surface area contributed by atoms with Crippen molar-refractivity contribution in [1.82, 2.24) is 9.97 Å². The molecule has 0 aliphatic heterocycles. The number of hydrogen-bond donors (Lipinski definition) is 0. The van der Waals surface area contributed by atoms with Gasteiger partial charge < -0.3 is 4.90 Å². The van der Waals surface area contributed by atoms with Gasteiger partial charge in [-0.1, -0.05) is 20.8 Å². The third-order valence-corrected chi connectivity index (χ3v) is 3.10. The van der Waals surface area contributed by atoms with Gasteiger partial charge in [0.05, 0.1) is 5.69 Å². The topological polar surface area (TPSA) is 29.0 Å². The molecule has 1 aromatic rings. The Morgan fingerprint density at radius 2 is 1.93 bits per heavy atom. The van der Waals surface area contributed by atoms with Crippen molar-refractivity contribution in [3.8, 4) is 0 Å². The van der Waals surface area contributed by atoms with Gasteiger partial charge in [-0.05, 0) is 13.3 Å². The Hall–Kier alpha value is -1.12. The first-order valence-corrected chi connectivity index (χ1v) is 5.55. The molecule has 3 heteroatoms. The van der Waals surface area contributed by atoms with Crippen LogP contribution in [0.2, 0.25) is 0 Å². The molecule has 3 nitrogen and oxygen atoms in total. The molecule has 0 aromatic carbocycles. The van der Waals surface area contributed by atoms with E-state index in [4.69, 9.17) is 0 Å². The van der Waals surface area contributed by atoms with Crippen molar-refractivity contribution in [2.24, 2.45) is 0 Å². The van der Waals surface area contributed by atoms with E-state index < -0.39 is 0 Å². The van der Waals surface area contributed by atoms with E-state index >= 15 is 0 Å². The van der Waals surface area contributed by atoms with E-state index in [0.29, 0.717) is 0 Å². The molecular weight excluding hydrogens is 186 g/mol. The zero-order chi connectivity index (χ0) is 11.5. The van der Waals surface area contributed by atoms with Crippen LogP contribution in [0.5, 0.6) is 0 Å². The predicted octanol–water partition coefficient (Wildman–Crippen LogP) is 2.62. The summed E-state index contributed by atoms with van der Waals surface area (Å²) in [6, 6.07) is 2.09. The first-order chi connectivity index (χ1) is 7.01. The second-order valence-corrected chi connectivity index (χ2v) is 4.51. The van der Waals surface area contributed by atoms with Crippen LogP contribution in [0.1, 0.15) is 39.8 Å². The van der Waals surface area contributed by atoms with Crippen LogP contribution in [-0.2, 0) is 5.41 Å². The van der Waals surface area contributed by atoms with Crippen LogP contribution in [-0.4, -0.2) is 23.6 Å². The molecule has 0 radical (unpaired) electrons. The molecule has 0 aliphatic carbocycles. The Kier molecular flexibility index (Phi) is 3.66. The fourth-order valence-electron chi connectivity index (χ4n) is 1.27. The number of aromatic nitrogens is 2. The Morgan fingerprint density at radius 1 is 1.27 bits per heavy atom. The highest BCUT2D eigenvalue weighted by atomic mass is 15.2. The minimum absolute atomic E-state index is 0.131. The van der Waals surface area contributed by atoms with Crippen molar-refractivity contribution in [1.29, 1.82) is 0 Å². The molecule has 84 valence electrons. The fraction of sp³-hybridized carbons (Fsp3) is 0.667. The van der Waals surface area contributed by atoms with Crippen LogP contribution < -0.4 is 4.90 Å². The molecule has 0 saturated heterocycles. The van der Waals surface area contributed by atoms with E-state index in [1.807, 2.05) is 7.05 Å². The van der Waals surface area contributed by atoms with E-state index in [1.54, 1.807) is 6.33 Å². The predicted molar refractivity (Wildman–Crippen MR) is 64.3 cm³/mol. The monoisotopic (exact) mass is 207 g/mol. The highest BCUT2D eigenvalue weighted by molar-refractivity contribution is 5.39. The van der Waals surface area contributed by atoms with Crippen molar-refractivity contribution in [3.05, 3.63) is 18.1 Å². The fourth-order valence-corrected chi connectivity index (χ4v) is 1.27. The molecule has 0 spiro atoms. The number of hydrogen-bond acceptors (Lipinski definition) is 3. The van der Waals surface area contributed by atoms with Gasteiger partial charge in [-0.15, -0.1) is 0 Å². The average molecular weight is 207 g/mol. The Balaban J connectivity index is 3.02. The highest BCUT2D eigenvalue weighted by Crippen LogP contribution is 2.26. The van der Waals surface area contributed by atoms with E-state index in [0.717, 1.165) is 24.5 Å². The second-order valence-electron chi connectivity index (χ2n) is 4.51. The summed E-state index contributed by atoms with van der Waals surface area (Å²) in [6.45, 7) is 9.69. The van der Waals surface area contributed by atoms with Gasteiger partial charge in [0.2, 0.25) is 0 Å². The molecule has 0 atom stereocenters. The molecule has 0 unspecified atom stereocenters. The van der Waals surface area contributed by atoms with Crippen LogP contribution in [0.4, 0.5) is 5.82 Å². The van der Waals surface area contributed by atoms with Crippen molar-refractivity contribution >= 4 is 5.82 Å². The van der Waals surface area contributed by atoms with E-state index in [1.165, 1.54) is 0 Å². The lowest BCUT2D eigenvalue weighted by Crippen LogP contribution is -2.21. The largest absolute Gasteiger partial charge is 0.360 e. The second kappa shape index (κ2) is 4.60. The number of rotatable bonds is 4. The molecule has 0 aliphatic rings. The first-order valence-electron chi connectivity index (χ1n) is 5.55. The summed E-state index contributed by atoms with van der Waals surface area (Å²) in [5.41, 5.74) is 1.25. The minimum atomic E-state index is 0.131. The molecule has 1 aromatic heterocycles. The van der Waals surface area contributed by atoms with Crippen LogP contribution in [0, 0.1) is 0 Å². The summed E-state index contributed by atoms with van der Waals surface area (Å²) >= 11 is 0. The standard InChI is InChI=1S/C12H21N3/c1-6-12(3,4)10-8-11(14-9-13-10)15(5)7-2/h8-9H,6-7H2,1-5H3. The first kappa shape index (κ1) is 12.0. The van der Waals surface area contributed by atoms with Gasteiger partial charge in [-0.25, -0.2) is 9.97 Å². The zero-order valence-corrected chi connectivity index (χ0v) is 10.4. The van der Waals surface area contributed by atoms with Crippen molar-refractivity contribution in [2.75, 3.05) is 18.5 Å². The number of anilines is 1. The highest BCUT2D eigenvalue weighted by Gasteiger charge is 2.20. The average Bonchev–Trinajstić information content (AvgIpc) is 2.28. The number of nitrogens with zero attached hydrogens (tertiary/aromatic N) is 3. The van der Waals surface area contributed by atoms with Crippen molar-refractivity contribution in [2.45, 2.75) is 39.5 Å². The van der Waals surface area contributed by atoms with Gasteiger partial charge in [0.15, 0.2) is 0 Å². The molecular formula is C12H21N3. The van der Waals surface area contributed by atoms with E-state index in [-0.39, 0.29) is 5.41 Å². The minimum Gasteiger partial charge on any atom is -0.360 e. The normalized spacial score (nSPS) is 11.5. The molecule has 1 heterocycles. The van der Waals surface area contributed by atoms with Crippen LogP contribution >= 0.6 is 0 Å². The van der Waals surface area contributed by atoms with Crippen LogP contribution in [0.25, 0.3) is 0 Å². The molecule has 15 heavy (non-hydrogen) atoms. The summed E-state index contributed by atoms with van der Waals surface area (Å²) in [7, 11) is 2.05. The Labute approximate surface area is 92.6 Å². The third-order valence-electron chi connectivity index (χ3n) is 3.10. The van der Waals surface area contributed by atoms with Gasteiger partial charge in [-0.3, -0.25) is 0 Å². The van der Waals surface area contributed by atoms with Gasteiger partial charge in [0, 0.05) is 25.1 Å². The lowest BCUT2D eigenvalue weighted by Gasteiger charge is -2.23. The smallest absolute Gasteiger partial charge is 0.131 e. The summed E-state index contributed by atoms with van der Waals surface area (Å²) in [4.78, 5) is 10.8. The Bertz CT molecular complexity index is 320.